The van der Waals surface area contributed by atoms with Gasteiger partial charge in [-0.3, -0.25) is 4.90 Å². The van der Waals surface area contributed by atoms with Gasteiger partial charge in [0.1, 0.15) is 11.1 Å². The maximum atomic E-state index is 12.3. The third kappa shape index (κ3) is 3.23. The number of carbonyl (C=O) groups is 2. The molecule has 126 valence electrons. The first-order valence-corrected chi connectivity index (χ1v) is 8.31. The van der Waals surface area contributed by atoms with Crippen molar-refractivity contribution < 1.29 is 19.4 Å². The van der Waals surface area contributed by atoms with Crippen molar-refractivity contribution in [2.24, 2.45) is 5.41 Å². The van der Waals surface area contributed by atoms with E-state index >= 15 is 0 Å². The smallest absolute Gasteiger partial charge is 0.410 e. The van der Waals surface area contributed by atoms with Crippen LogP contribution in [0.15, 0.2) is 0 Å². The van der Waals surface area contributed by atoms with Gasteiger partial charge in [-0.15, -0.1) is 0 Å². The molecule has 1 N–H and O–H groups in total. The van der Waals surface area contributed by atoms with Gasteiger partial charge in [0.05, 0.1) is 0 Å². The van der Waals surface area contributed by atoms with Gasteiger partial charge in [-0.05, 0) is 64.7 Å². The highest BCUT2D eigenvalue weighted by Gasteiger charge is 2.52. The number of nitrogens with zero attached hydrogens (tertiary/aromatic N) is 1. The molecule has 1 spiro atoms. The number of aliphatic carboxylic acids is 1. The number of rotatable bonds is 2. The SMILES string of the molecule is CN(C(=O)OC(C)(C)C)C1(C(=O)O)CCC2(CCCC2)CC1. The second kappa shape index (κ2) is 5.74. The van der Waals surface area contributed by atoms with Gasteiger partial charge >= 0.3 is 12.1 Å². The molecule has 0 bridgehead atoms. The van der Waals surface area contributed by atoms with E-state index in [0.717, 1.165) is 12.8 Å². The number of likely N-dealkylation sites (N-methyl/N-ethyl adjacent to an activating group) is 1. The average Bonchev–Trinajstić information content (AvgIpc) is 2.85. The van der Waals surface area contributed by atoms with Crippen LogP contribution in [-0.4, -0.2) is 40.3 Å². The lowest BCUT2D eigenvalue weighted by Gasteiger charge is -2.46. The van der Waals surface area contributed by atoms with Crippen LogP contribution in [0.2, 0.25) is 0 Å². The summed E-state index contributed by atoms with van der Waals surface area (Å²) in [7, 11) is 1.56. The molecule has 0 aromatic rings. The molecule has 0 heterocycles. The number of hydrogen-bond donors (Lipinski definition) is 1. The van der Waals surface area contributed by atoms with E-state index in [4.69, 9.17) is 4.74 Å². The maximum Gasteiger partial charge on any atom is 0.410 e. The summed E-state index contributed by atoms with van der Waals surface area (Å²) < 4.78 is 5.37. The first-order valence-electron chi connectivity index (χ1n) is 8.31. The molecular formula is C17H29NO4. The Morgan fingerprint density at radius 2 is 1.50 bits per heavy atom. The van der Waals surface area contributed by atoms with Gasteiger partial charge in [0.2, 0.25) is 0 Å². The van der Waals surface area contributed by atoms with Crippen LogP contribution in [0, 0.1) is 5.41 Å². The molecule has 2 aliphatic carbocycles. The van der Waals surface area contributed by atoms with E-state index in [1.165, 1.54) is 30.6 Å². The number of carboxylic acids is 1. The van der Waals surface area contributed by atoms with E-state index < -0.39 is 23.2 Å². The molecule has 0 saturated heterocycles. The first-order chi connectivity index (χ1) is 10.1. The minimum Gasteiger partial charge on any atom is -0.479 e. The van der Waals surface area contributed by atoms with Gasteiger partial charge in [-0.1, -0.05) is 12.8 Å². The van der Waals surface area contributed by atoms with E-state index in [9.17, 15) is 14.7 Å². The second-order valence-corrected chi connectivity index (χ2v) is 8.08. The van der Waals surface area contributed by atoms with Crippen LogP contribution in [0.3, 0.4) is 0 Å². The summed E-state index contributed by atoms with van der Waals surface area (Å²) in [4.78, 5) is 25.6. The molecule has 0 radical (unpaired) electrons. The molecule has 5 nitrogen and oxygen atoms in total. The lowest BCUT2D eigenvalue weighted by Crippen LogP contribution is -2.58. The lowest BCUT2D eigenvalue weighted by molar-refractivity contribution is -0.154. The van der Waals surface area contributed by atoms with E-state index in [1.54, 1.807) is 27.8 Å². The molecule has 5 heteroatoms. The van der Waals surface area contributed by atoms with Crippen molar-refractivity contribution >= 4 is 12.1 Å². The van der Waals surface area contributed by atoms with Crippen LogP contribution < -0.4 is 0 Å². The number of ether oxygens (including phenoxy) is 1. The normalized spacial score (nSPS) is 23.3. The van der Waals surface area contributed by atoms with E-state index in [2.05, 4.69) is 0 Å². The molecule has 22 heavy (non-hydrogen) atoms. The van der Waals surface area contributed by atoms with Crippen molar-refractivity contribution in [3.05, 3.63) is 0 Å². The van der Waals surface area contributed by atoms with Crippen molar-refractivity contribution in [2.45, 2.75) is 83.3 Å². The fourth-order valence-electron chi connectivity index (χ4n) is 4.02. The summed E-state index contributed by atoms with van der Waals surface area (Å²) in [5.74, 6) is -0.909. The van der Waals surface area contributed by atoms with Crippen molar-refractivity contribution in [1.29, 1.82) is 0 Å². The first kappa shape index (κ1) is 17.1. The predicted molar refractivity (Wildman–Crippen MR) is 83.7 cm³/mol. The number of amides is 1. The van der Waals surface area contributed by atoms with E-state index in [-0.39, 0.29) is 0 Å². The highest BCUT2D eigenvalue weighted by molar-refractivity contribution is 5.84. The monoisotopic (exact) mass is 311 g/mol. The van der Waals surface area contributed by atoms with Crippen molar-refractivity contribution in [1.82, 2.24) is 4.90 Å². The zero-order valence-corrected chi connectivity index (χ0v) is 14.3. The third-order valence-corrected chi connectivity index (χ3v) is 5.51. The average molecular weight is 311 g/mol. The Labute approximate surface area is 133 Å². The molecule has 0 atom stereocenters. The predicted octanol–water partition coefficient (Wildman–Crippen LogP) is 3.81. The summed E-state index contributed by atoms with van der Waals surface area (Å²) in [6.07, 6.45) is 7.22. The molecule has 2 rings (SSSR count). The summed E-state index contributed by atoms with van der Waals surface area (Å²) in [5.41, 5.74) is -1.41. The fraction of sp³-hybridized carbons (Fsp3) is 0.882. The zero-order valence-electron chi connectivity index (χ0n) is 14.3. The Balaban J connectivity index is 2.13. The largest absolute Gasteiger partial charge is 0.479 e. The lowest BCUT2D eigenvalue weighted by atomic mass is 9.66. The molecule has 0 unspecified atom stereocenters. The summed E-state index contributed by atoms with van der Waals surface area (Å²) in [6.45, 7) is 5.38. The van der Waals surface area contributed by atoms with Crippen LogP contribution in [-0.2, 0) is 9.53 Å². The number of carboxylic acid groups (broad SMARTS) is 1. The van der Waals surface area contributed by atoms with Crippen LogP contribution >= 0.6 is 0 Å². The molecule has 2 saturated carbocycles. The molecule has 0 aromatic heterocycles. The molecular weight excluding hydrogens is 282 g/mol. The molecule has 1 amide bonds. The number of hydrogen-bond acceptors (Lipinski definition) is 3. The highest BCUT2D eigenvalue weighted by Crippen LogP contribution is 2.52. The van der Waals surface area contributed by atoms with Gasteiger partial charge < -0.3 is 9.84 Å². The van der Waals surface area contributed by atoms with Gasteiger partial charge in [-0.25, -0.2) is 9.59 Å². The van der Waals surface area contributed by atoms with Crippen LogP contribution in [0.5, 0.6) is 0 Å². The minimum absolute atomic E-state index is 0.327. The summed E-state index contributed by atoms with van der Waals surface area (Å²) >= 11 is 0. The second-order valence-electron chi connectivity index (χ2n) is 8.08. The van der Waals surface area contributed by atoms with Crippen LogP contribution in [0.1, 0.15) is 72.1 Å². The van der Waals surface area contributed by atoms with E-state index in [1.807, 2.05) is 0 Å². The summed E-state index contributed by atoms with van der Waals surface area (Å²) in [6, 6.07) is 0. The molecule has 2 aliphatic rings. The Morgan fingerprint density at radius 1 is 1.00 bits per heavy atom. The topological polar surface area (TPSA) is 66.8 Å². The Bertz CT molecular complexity index is 436. The highest BCUT2D eigenvalue weighted by atomic mass is 16.6. The van der Waals surface area contributed by atoms with Gasteiger partial charge in [0.25, 0.3) is 0 Å². The van der Waals surface area contributed by atoms with Crippen LogP contribution in [0.25, 0.3) is 0 Å². The number of carbonyl (C=O) groups excluding carboxylic acids is 1. The molecule has 0 aromatic carbocycles. The molecule has 2 fully saturated rings. The summed E-state index contributed by atoms with van der Waals surface area (Å²) in [5, 5.41) is 9.79. The van der Waals surface area contributed by atoms with Crippen molar-refractivity contribution in [3.8, 4) is 0 Å². The minimum atomic E-state index is -1.11. The molecule has 0 aliphatic heterocycles. The van der Waals surface area contributed by atoms with Gasteiger partial charge in [-0.2, -0.15) is 0 Å². The Kier molecular flexibility index (Phi) is 4.46. The fourth-order valence-corrected chi connectivity index (χ4v) is 4.02. The quantitative estimate of drug-likeness (QED) is 0.842. The van der Waals surface area contributed by atoms with Gasteiger partial charge in [0.15, 0.2) is 0 Å². The Hall–Kier alpha value is -1.26. The zero-order chi connectivity index (χ0) is 16.6. The standard InChI is InChI=1S/C17H29NO4/c1-15(2,3)22-14(21)18(4)17(13(19)20)11-9-16(10-12-17)7-5-6-8-16/h5-12H2,1-4H3,(H,19,20). The van der Waals surface area contributed by atoms with E-state index in [0.29, 0.717) is 18.3 Å². The third-order valence-electron chi connectivity index (χ3n) is 5.51. The Morgan fingerprint density at radius 3 is 1.91 bits per heavy atom. The van der Waals surface area contributed by atoms with Crippen LogP contribution in [0.4, 0.5) is 4.79 Å². The van der Waals surface area contributed by atoms with Crippen molar-refractivity contribution in [3.63, 3.8) is 0 Å². The van der Waals surface area contributed by atoms with Crippen molar-refractivity contribution in [2.75, 3.05) is 7.05 Å². The maximum absolute atomic E-state index is 12.3. The van der Waals surface area contributed by atoms with Gasteiger partial charge in [0, 0.05) is 7.05 Å².